The second-order valence-corrected chi connectivity index (χ2v) is 4.27. The summed E-state index contributed by atoms with van der Waals surface area (Å²) in [5.74, 6) is -0.847. The van der Waals surface area contributed by atoms with E-state index >= 15 is 0 Å². The van der Waals surface area contributed by atoms with Crippen molar-refractivity contribution in [1.29, 1.82) is 0 Å². The van der Waals surface area contributed by atoms with Gasteiger partial charge in [-0.25, -0.2) is 8.42 Å². The number of Topliss-reactive ketones (excluding diaryl/α,β-unsaturated/α-hetero) is 1. The highest BCUT2D eigenvalue weighted by Crippen LogP contribution is 1.88. The van der Waals surface area contributed by atoms with Crippen LogP contribution in [-0.4, -0.2) is 32.3 Å². The minimum Gasteiger partial charge on any atom is -0.324 e. The second-order valence-electron chi connectivity index (χ2n) is 1.92. The lowest BCUT2D eigenvalue weighted by Gasteiger charge is -1.96. The Balaban J connectivity index is 4.03. The third-order valence-corrected chi connectivity index (χ3v) is 2.69. The topological polar surface area (TPSA) is 77.2 Å². The van der Waals surface area contributed by atoms with Crippen molar-refractivity contribution in [3.05, 3.63) is 0 Å². The van der Waals surface area contributed by atoms with Gasteiger partial charge in [0.15, 0.2) is 15.6 Å². The molecular weight excluding hydrogens is 154 g/mol. The fraction of sp³-hybridized carbons (Fsp3) is 0.800. The third-order valence-electron chi connectivity index (χ3n) is 1.05. The van der Waals surface area contributed by atoms with Crippen LogP contribution < -0.4 is 5.73 Å². The van der Waals surface area contributed by atoms with Crippen LogP contribution in [-0.2, 0) is 14.6 Å². The average Bonchev–Trinajstić information content (AvgIpc) is 1.87. The monoisotopic (exact) mass is 165 g/mol. The van der Waals surface area contributed by atoms with Crippen molar-refractivity contribution in [3.63, 3.8) is 0 Å². The smallest absolute Gasteiger partial charge is 0.161 e. The van der Waals surface area contributed by atoms with Crippen LogP contribution in [0.4, 0.5) is 0 Å². The van der Waals surface area contributed by atoms with Gasteiger partial charge in [-0.05, 0) is 0 Å². The lowest BCUT2D eigenvalue weighted by atomic mass is 10.5. The first kappa shape index (κ1) is 9.58. The molecule has 0 aromatic rings. The molecule has 0 aliphatic carbocycles. The van der Waals surface area contributed by atoms with Gasteiger partial charge in [-0.1, -0.05) is 6.92 Å². The zero-order valence-corrected chi connectivity index (χ0v) is 6.65. The maximum atomic E-state index is 10.7. The molecule has 0 saturated heterocycles. The number of sulfone groups is 1. The summed E-state index contributed by atoms with van der Waals surface area (Å²) in [6.45, 7) is 1.30. The number of ketones is 1. The van der Waals surface area contributed by atoms with Crippen LogP contribution in [0, 0.1) is 0 Å². The summed E-state index contributed by atoms with van der Waals surface area (Å²) in [6.07, 6.45) is 0. The zero-order valence-electron chi connectivity index (χ0n) is 5.83. The Kier molecular flexibility index (Phi) is 3.52. The molecule has 0 saturated carbocycles. The SMILES string of the molecule is CCS(=O)(=O)CC(=O)CN. The van der Waals surface area contributed by atoms with Gasteiger partial charge in [0, 0.05) is 5.75 Å². The molecule has 0 aliphatic heterocycles. The quantitative estimate of drug-likeness (QED) is 0.576. The minimum absolute atomic E-state index is 0.00125. The van der Waals surface area contributed by atoms with Gasteiger partial charge in [0.25, 0.3) is 0 Å². The molecule has 60 valence electrons. The van der Waals surface area contributed by atoms with E-state index in [1.54, 1.807) is 0 Å². The molecule has 4 nitrogen and oxygen atoms in total. The van der Waals surface area contributed by atoms with E-state index in [-0.39, 0.29) is 12.3 Å². The van der Waals surface area contributed by atoms with E-state index in [1.807, 2.05) is 0 Å². The van der Waals surface area contributed by atoms with Crippen LogP contribution in [0.1, 0.15) is 6.92 Å². The average molecular weight is 165 g/mol. The fourth-order valence-electron chi connectivity index (χ4n) is 0.406. The summed E-state index contributed by atoms with van der Waals surface area (Å²) in [5, 5.41) is 0. The Hall–Kier alpha value is -0.420. The summed E-state index contributed by atoms with van der Waals surface area (Å²) in [5.41, 5.74) is 4.92. The van der Waals surface area contributed by atoms with Crippen LogP contribution in [0.3, 0.4) is 0 Å². The predicted molar refractivity (Wildman–Crippen MR) is 38.4 cm³/mol. The van der Waals surface area contributed by atoms with Crippen LogP contribution in [0.5, 0.6) is 0 Å². The van der Waals surface area contributed by atoms with Crippen molar-refractivity contribution < 1.29 is 13.2 Å². The lowest BCUT2D eigenvalue weighted by molar-refractivity contribution is -0.115. The molecule has 0 amide bonds. The maximum absolute atomic E-state index is 10.7. The van der Waals surface area contributed by atoms with Crippen LogP contribution in [0.15, 0.2) is 0 Å². The molecule has 0 heterocycles. The van der Waals surface area contributed by atoms with Gasteiger partial charge < -0.3 is 5.73 Å². The largest absolute Gasteiger partial charge is 0.324 e. The summed E-state index contributed by atoms with van der Waals surface area (Å²) in [7, 11) is -3.16. The van der Waals surface area contributed by atoms with Crippen molar-refractivity contribution in [3.8, 4) is 0 Å². The van der Waals surface area contributed by atoms with E-state index in [9.17, 15) is 13.2 Å². The molecule has 10 heavy (non-hydrogen) atoms. The minimum atomic E-state index is -3.16. The molecule has 5 heteroatoms. The molecule has 0 unspecified atom stereocenters. The predicted octanol–water partition coefficient (Wildman–Crippen LogP) is -1.05. The van der Waals surface area contributed by atoms with Gasteiger partial charge in [-0.2, -0.15) is 0 Å². The standard InChI is InChI=1S/C5H11NO3S/c1-2-10(8,9)4-5(7)3-6/h2-4,6H2,1H3. The zero-order chi connectivity index (χ0) is 8.20. The van der Waals surface area contributed by atoms with Gasteiger partial charge >= 0.3 is 0 Å². The van der Waals surface area contributed by atoms with E-state index in [0.717, 1.165) is 0 Å². The lowest BCUT2D eigenvalue weighted by Crippen LogP contribution is -2.24. The number of hydrogen-bond acceptors (Lipinski definition) is 4. The molecule has 0 aliphatic rings. The Morgan fingerprint density at radius 1 is 1.50 bits per heavy atom. The molecule has 2 N–H and O–H groups in total. The first-order valence-corrected chi connectivity index (χ1v) is 4.76. The summed E-state index contributed by atoms with van der Waals surface area (Å²) in [4.78, 5) is 10.5. The van der Waals surface area contributed by atoms with Gasteiger partial charge in [-0.3, -0.25) is 4.79 Å². The van der Waals surface area contributed by atoms with Crippen molar-refractivity contribution in [2.45, 2.75) is 6.92 Å². The van der Waals surface area contributed by atoms with E-state index in [0.29, 0.717) is 0 Å². The molecule has 0 aromatic heterocycles. The number of rotatable bonds is 4. The van der Waals surface area contributed by atoms with Gasteiger partial charge in [-0.15, -0.1) is 0 Å². The molecule has 0 spiro atoms. The highest BCUT2D eigenvalue weighted by atomic mass is 32.2. The molecule has 0 radical (unpaired) electrons. The number of carbonyl (C=O) groups excluding carboxylic acids is 1. The van der Waals surface area contributed by atoms with Crippen molar-refractivity contribution in [2.75, 3.05) is 18.1 Å². The second kappa shape index (κ2) is 3.68. The van der Waals surface area contributed by atoms with Crippen molar-refractivity contribution in [1.82, 2.24) is 0 Å². The third kappa shape index (κ3) is 3.58. The number of carbonyl (C=O) groups is 1. The van der Waals surface area contributed by atoms with E-state index in [4.69, 9.17) is 5.73 Å². The molecule has 0 fully saturated rings. The van der Waals surface area contributed by atoms with Crippen LogP contribution in [0.2, 0.25) is 0 Å². The van der Waals surface area contributed by atoms with E-state index in [2.05, 4.69) is 0 Å². The Bertz CT molecular complexity index is 207. The van der Waals surface area contributed by atoms with Gasteiger partial charge in [0.05, 0.1) is 6.54 Å². The summed E-state index contributed by atoms with van der Waals surface area (Å²) >= 11 is 0. The summed E-state index contributed by atoms with van der Waals surface area (Å²) in [6, 6.07) is 0. The Labute approximate surface area is 60.3 Å². The van der Waals surface area contributed by atoms with Gasteiger partial charge in [0.2, 0.25) is 0 Å². The first-order valence-electron chi connectivity index (χ1n) is 2.94. The van der Waals surface area contributed by atoms with Crippen molar-refractivity contribution in [2.24, 2.45) is 5.73 Å². The molecular formula is C5H11NO3S. The summed E-state index contributed by atoms with van der Waals surface area (Å²) < 4.78 is 21.4. The van der Waals surface area contributed by atoms with Gasteiger partial charge in [0.1, 0.15) is 5.75 Å². The molecule has 0 aromatic carbocycles. The highest BCUT2D eigenvalue weighted by molar-refractivity contribution is 7.92. The molecule has 0 atom stereocenters. The normalized spacial score (nSPS) is 11.4. The fourth-order valence-corrected chi connectivity index (χ4v) is 1.22. The Morgan fingerprint density at radius 3 is 2.30 bits per heavy atom. The Morgan fingerprint density at radius 2 is 2.00 bits per heavy atom. The number of nitrogens with two attached hydrogens (primary N) is 1. The molecule has 0 bridgehead atoms. The molecule has 0 rings (SSSR count). The first-order chi connectivity index (χ1) is 4.52. The highest BCUT2D eigenvalue weighted by Gasteiger charge is 2.11. The number of hydrogen-bond donors (Lipinski definition) is 1. The van der Waals surface area contributed by atoms with Crippen molar-refractivity contribution >= 4 is 15.6 Å². The maximum Gasteiger partial charge on any atom is 0.161 e. The van der Waals surface area contributed by atoms with Crippen LogP contribution in [0.25, 0.3) is 0 Å². The van der Waals surface area contributed by atoms with Crippen LogP contribution >= 0.6 is 0 Å². The van der Waals surface area contributed by atoms with E-state index < -0.39 is 21.4 Å². The van der Waals surface area contributed by atoms with E-state index in [1.165, 1.54) is 6.92 Å².